The molecule has 1 aliphatic rings. The summed E-state index contributed by atoms with van der Waals surface area (Å²) in [6.07, 6.45) is 5.16. The zero-order valence-corrected chi connectivity index (χ0v) is 16.4. The smallest absolute Gasteiger partial charge is 0.238 e. The molecule has 6 nitrogen and oxygen atoms in total. The van der Waals surface area contributed by atoms with E-state index in [9.17, 15) is 9.50 Å². The van der Waals surface area contributed by atoms with Gasteiger partial charge in [0.2, 0.25) is 11.8 Å². The Morgan fingerprint density at radius 2 is 1.93 bits per heavy atom. The second-order valence-electron chi connectivity index (χ2n) is 5.97. The van der Waals surface area contributed by atoms with Crippen LogP contribution < -0.4 is 5.32 Å². The molecule has 1 atom stereocenters. The lowest BCUT2D eigenvalue weighted by atomic mass is 10.1. The molecule has 4 rings (SSSR count). The zero-order valence-electron chi connectivity index (χ0n) is 14.8. The Kier molecular flexibility index (Phi) is 6.77. The van der Waals surface area contributed by atoms with Gasteiger partial charge in [-0.15, -0.1) is 24.8 Å². The van der Waals surface area contributed by atoms with Crippen molar-refractivity contribution in [3.63, 3.8) is 0 Å². The average molecular weight is 422 g/mol. The number of aromatic hydroxyl groups is 1. The van der Waals surface area contributed by atoms with Crippen LogP contribution in [0.3, 0.4) is 0 Å². The number of H-pyrrole nitrogens is 1. The topological polar surface area (TPSA) is 86.2 Å². The van der Waals surface area contributed by atoms with E-state index in [1.807, 2.05) is 19.1 Å². The highest BCUT2D eigenvalue weighted by Crippen LogP contribution is 2.32. The van der Waals surface area contributed by atoms with E-state index in [0.29, 0.717) is 17.5 Å². The SMILES string of the molecule is CC(Nc1nc(O)c(C=C2C=Nc3ncccc32)[nH]1)c1ccc(F)cc1.Cl.Cl. The number of hydrogen-bond acceptors (Lipinski definition) is 5. The molecular weight excluding hydrogens is 404 g/mol. The zero-order chi connectivity index (χ0) is 18.1. The van der Waals surface area contributed by atoms with Crippen LogP contribution in [-0.4, -0.2) is 26.3 Å². The third-order valence-corrected chi connectivity index (χ3v) is 4.16. The molecule has 3 aromatic rings. The fourth-order valence-corrected chi connectivity index (χ4v) is 2.78. The van der Waals surface area contributed by atoms with Crippen molar-refractivity contribution < 1.29 is 9.50 Å². The van der Waals surface area contributed by atoms with Crippen molar-refractivity contribution in [2.45, 2.75) is 13.0 Å². The standard InChI is InChI=1S/C19H16FN5O.2ClH/c1-11(12-4-6-14(20)7-5-12)23-19-24-16(18(26)25-19)9-13-10-22-17-15(13)3-2-8-21-17;;/h2-11,26H,1H3,(H2,23,24,25);2*1H. The number of anilines is 1. The van der Waals surface area contributed by atoms with Gasteiger partial charge >= 0.3 is 0 Å². The molecule has 0 fully saturated rings. The third-order valence-electron chi connectivity index (χ3n) is 4.16. The number of nitrogens with one attached hydrogen (secondary N) is 2. The summed E-state index contributed by atoms with van der Waals surface area (Å²) in [6.45, 7) is 1.93. The number of halogens is 3. The Balaban J connectivity index is 0.00000140. The van der Waals surface area contributed by atoms with E-state index in [2.05, 4.69) is 25.3 Å². The fraction of sp³-hybridized carbons (Fsp3) is 0.105. The summed E-state index contributed by atoms with van der Waals surface area (Å²) in [7, 11) is 0. The van der Waals surface area contributed by atoms with Crippen molar-refractivity contribution in [1.29, 1.82) is 0 Å². The second kappa shape index (κ2) is 8.86. The molecule has 28 heavy (non-hydrogen) atoms. The lowest BCUT2D eigenvalue weighted by Gasteiger charge is -2.13. The number of allylic oxidation sites excluding steroid dienone is 1. The molecule has 0 radical (unpaired) electrons. The van der Waals surface area contributed by atoms with Crippen LogP contribution in [0.2, 0.25) is 0 Å². The predicted octanol–water partition coefficient (Wildman–Crippen LogP) is 4.92. The molecule has 0 saturated carbocycles. The van der Waals surface area contributed by atoms with Gasteiger partial charge in [-0.05, 0) is 42.8 Å². The summed E-state index contributed by atoms with van der Waals surface area (Å²) in [6, 6.07) is 9.88. The van der Waals surface area contributed by atoms with Crippen LogP contribution in [0.15, 0.2) is 47.6 Å². The van der Waals surface area contributed by atoms with Crippen molar-refractivity contribution in [2.24, 2.45) is 4.99 Å². The van der Waals surface area contributed by atoms with Crippen LogP contribution in [0.4, 0.5) is 16.2 Å². The molecule has 0 saturated heterocycles. The largest absolute Gasteiger partial charge is 0.492 e. The van der Waals surface area contributed by atoms with E-state index < -0.39 is 0 Å². The first-order chi connectivity index (χ1) is 12.6. The summed E-state index contributed by atoms with van der Waals surface area (Å²) in [4.78, 5) is 15.6. The molecule has 1 unspecified atom stereocenters. The first-order valence-electron chi connectivity index (χ1n) is 8.12. The first-order valence-corrected chi connectivity index (χ1v) is 8.12. The number of pyridine rings is 1. The van der Waals surface area contributed by atoms with Crippen molar-refractivity contribution in [2.75, 3.05) is 5.32 Å². The maximum Gasteiger partial charge on any atom is 0.238 e. The predicted molar refractivity (Wildman–Crippen MR) is 113 cm³/mol. The summed E-state index contributed by atoms with van der Waals surface area (Å²) >= 11 is 0. The molecule has 0 aliphatic carbocycles. The molecule has 1 aromatic carbocycles. The normalized spacial score (nSPS) is 14.1. The number of benzene rings is 1. The van der Waals surface area contributed by atoms with E-state index >= 15 is 0 Å². The van der Waals surface area contributed by atoms with Crippen LogP contribution in [-0.2, 0) is 0 Å². The molecule has 2 aromatic heterocycles. The molecule has 3 heterocycles. The van der Waals surface area contributed by atoms with Gasteiger partial charge < -0.3 is 15.4 Å². The van der Waals surface area contributed by atoms with E-state index in [-0.39, 0.29) is 42.6 Å². The quantitative estimate of drug-likeness (QED) is 0.557. The van der Waals surface area contributed by atoms with E-state index in [0.717, 1.165) is 16.7 Å². The number of aromatic amines is 1. The Bertz CT molecular complexity index is 1020. The van der Waals surface area contributed by atoms with Gasteiger partial charge in [0.25, 0.3) is 0 Å². The lowest BCUT2D eigenvalue weighted by molar-refractivity contribution is 0.455. The van der Waals surface area contributed by atoms with E-state index in [1.165, 1.54) is 12.1 Å². The van der Waals surface area contributed by atoms with Crippen molar-refractivity contribution in [1.82, 2.24) is 15.0 Å². The summed E-state index contributed by atoms with van der Waals surface area (Å²) in [5.74, 6) is 0.684. The maximum absolute atomic E-state index is 13.0. The molecule has 146 valence electrons. The van der Waals surface area contributed by atoms with Crippen LogP contribution >= 0.6 is 24.8 Å². The summed E-state index contributed by atoms with van der Waals surface area (Å²) in [5.41, 5.74) is 3.11. The third kappa shape index (κ3) is 4.32. The first kappa shape index (κ1) is 21.4. The maximum atomic E-state index is 13.0. The number of imidazole rings is 1. The monoisotopic (exact) mass is 421 g/mol. The number of aliphatic imine (C=N–C) groups is 1. The molecular formula is C19H18Cl2FN5O. The van der Waals surface area contributed by atoms with Crippen LogP contribution in [0.1, 0.15) is 29.8 Å². The molecule has 0 amide bonds. The van der Waals surface area contributed by atoms with Gasteiger partial charge in [0.05, 0.1) is 6.04 Å². The Hall–Kier alpha value is -2.90. The molecule has 9 heteroatoms. The van der Waals surface area contributed by atoms with Gasteiger partial charge in [0, 0.05) is 23.5 Å². The van der Waals surface area contributed by atoms with Crippen molar-refractivity contribution in [3.05, 3.63) is 65.2 Å². The minimum atomic E-state index is -0.279. The lowest BCUT2D eigenvalue weighted by Crippen LogP contribution is -2.07. The average Bonchev–Trinajstić information content (AvgIpc) is 3.20. The fourth-order valence-electron chi connectivity index (χ4n) is 2.78. The van der Waals surface area contributed by atoms with Gasteiger partial charge in [0.15, 0.2) is 5.82 Å². The number of aromatic nitrogens is 3. The molecule has 3 N–H and O–H groups in total. The summed E-state index contributed by atoms with van der Waals surface area (Å²) in [5, 5.41) is 13.3. The number of hydrogen-bond donors (Lipinski definition) is 3. The minimum Gasteiger partial charge on any atom is -0.492 e. The van der Waals surface area contributed by atoms with Crippen LogP contribution in [0, 0.1) is 5.82 Å². The molecule has 0 bridgehead atoms. The highest BCUT2D eigenvalue weighted by molar-refractivity contribution is 6.20. The van der Waals surface area contributed by atoms with Gasteiger partial charge in [-0.1, -0.05) is 12.1 Å². The van der Waals surface area contributed by atoms with Crippen molar-refractivity contribution >= 4 is 54.4 Å². The number of fused-ring (bicyclic) bond motifs is 1. The molecule has 0 spiro atoms. The Morgan fingerprint density at radius 3 is 2.68 bits per heavy atom. The summed E-state index contributed by atoms with van der Waals surface area (Å²) < 4.78 is 13.0. The van der Waals surface area contributed by atoms with Gasteiger partial charge in [-0.2, -0.15) is 4.98 Å². The van der Waals surface area contributed by atoms with Crippen molar-refractivity contribution in [3.8, 4) is 5.88 Å². The van der Waals surface area contributed by atoms with Gasteiger partial charge in [0.1, 0.15) is 11.5 Å². The second-order valence-corrected chi connectivity index (χ2v) is 5.97. The Labute approximate surface area is 173 Å². The van der Waals surface area contributed by atoms with Gasteiger partial charge in [-0.3, -0.25) is 0 Å². The Morgan fingerprint density at radius 1 is 1.18 bits per heavy atom. The van der Waals surface area contributed by atoms with Crippen LogP contribution in [0.25, 0.3) is 11.6 Å². The number of rotatable bonds is 4. The van der Waals surface area contributed by atoms with E-state index in [4.69, 9.17) is 0 Å². The highest BCUT2D eigenvalue weighted by Gasteiger charge is 2.16. The molecule has 1 aliphatic heterocycles. The van der Waals surface area contributed by atoms with E-state index in [1.54, 1.807) is 30.6 Å². The van der Waals surface area contributed by atoms with Gasteiger partial charge in [-0.25, -0.2) is 14.4 Å². The number of nitrogens with zero attached hydrogens (tertiary/aromatic N) is 3. The highest BCUT2D eigenvalue weighted by atomic mass is 35.5. The van der Waals surface area contributed by atoms with Crippen LogP contribution in [0.5, 0.6) is 5.88 Å². The minimum absolute atomic E-state index is 0.